The molecule has 0 saturated carbocycles. The smallest absolute Gasteiger partial charge is 0.293 e. The van der Waals surface area contributed by atoms with Crippen LogP contribution in [0.4, 0.5) is 5.00 Å². The van der Waals surface area contributed by atoms with Crippen LogP contribution in [0.25, 0.3) is 11.3 Å². The van der Waals surface area contributed by atoms with E-state index in [2.05, 4.69) is 17.6 Å². The van der Waals surface area contributed by atoms with Crippen molar-refractivity contribution in [3.8, 4) is 11.3 Å². The highest BCUT2D eigenvalue weighted by atomic mass is 35.5. The maximum Gasteiger partial charge on any atom is 0.293 e. The fraction of sp³-hybridized carbons (Fsp3) is 0.227. The molecule has 2 amide bonds. The van der Waals surface area contributed by atoms with Crippen LogP contribution in [0.2, 0.25) is 10.0 Å². The monoisotopic (exact) mass is 507 g/mol. The number of halogens is 2. The van der Waals surface area contributed by atoms with Crippen molar-refractivity contribution >= 4 is 68.7 Å². The maximum atomic E-state index is 12.6. The van der Waals surface area contributed by atoms with E-state index in [9.17, 15) is 9.59 Å². The predicted molar refractivity (Wildman–Crippen MR) is 132 cm³/mol. The lowest BCUT2D eigenvalue weighted by molar-refractivity contribution is 0.0950. The van der Waals surface area contributed by atoms with Gasteiger partial charge in [-0.2, -0.15) is 0 Å². The fourth-order valence-electron chi connectivity index (χ4n) is 3.69. The molecule has 0 radical (unpaired) electrons. The first-order valence-electron chi connectivity index (χ1n) is 9.85. The Hall–Kier alpha value is -2.39. The van der Waals surface area contributed by atoms with Crippen molar-refractivity contribution in [3.05, 3.63) is 62.1 Å². The number of anilines is 1. The second kappa shape index (κ2) is 9.23. The quantitative estimate of drug-likeness (QED) is 0.395. The molecule has 0 bridgehead atoms. The third-order valence-electron chi connectivity index (χ3n) is 5.24. The number of furan rings is 1. The number of benzene rings is 1. The summed E-state index contributed by atoms with van der Waals surface area (Å²) in [6.45, 7) is 2.18. The average Bonchev–Trinajstić information content (AvgIpc) is 3.32. The third kappa shape index (κ3) is 4.68. The van der Waals surface area contributed by atoms with Gasteiger partial charge in [-0.25, -0.2) is 0 Å². The van der Waals surface area contributed by atoms with E-state index in [1.165, 1.54) is 17.4 Å². The van der Waals surface area contributed by atoms with Gasteiger partial charge in [-0.05, 0) is 73.3 Å². The average molecular weight is 508 g/mol. The summed E-state index contributed by atoms with van der Waals surface area (Å²) < 4.78 is 5.64. The van der Waals surface area contributed by atoms with Crippen LogP contribution >= 0.6 is 46.8 Å². The molecule has 3 aromatic rings. The van der Waals surface area contributed by atoms with Crippen LogP contribution in [0, 0.1) is 5.92 Å². The van der Waals surface area contributed by atoms with Crippen molar-refractivity contribution in [3.63, 3.8) is 0 Å². The molecule has 0 unspecified atom stereocenters. The Morgan fingerprint density at radius 1 is 1.25 bits per heavy atom. The lowest BCUT2D eigenvalue weighted by atomic mass is 9.88. The second-order valence-electron chi connectivity index (χ2n) is 7.62. The summed E-state index contributed by atoms with van der Waals surface area (Å²) in [5.74, 6) is -0.0152. The van der Waals surface area contributed by atoms with Gasteiger partial charge in [-0.15, -0.1) is 11.3 Å². The zero-order valence-corrected chi connectivity index (χ0v) is 20.1. The molecule has 0 spiro atoms. The van der Waals surface area contributed by atoms with Gasteiger partial charge < -0.3 is 15.5 Å². The number of carbonyl (C=O) groups is 2. The van der Waals surface area contributed by atoms with Gasteiger partial charge in [0.05, 0.1) is 10.6 Å². The topological polar surface area (TPSA) is 97.4 Å². The van der Waals surface area contributed by atoms with E-state index in [-0.39, 0.29) is 10.9 Å². The minimum absolute atomic E-state index is 0.0478. The summed E-state index contributed by atoms with van der Waals surface area (Å²) in [5.41, 5.74) is 7.67. The van der Waals surface area contributed by atoms with Gasteiger partial charge in [0.1, 0.15) is 10.8 Å². The summed E-state index contributed by atoms with van der Waals surface area (Å²) in [6.07, 6.45) is 2.70. The van der Waals surface area contributed by atoms with Crippen LogP contribution in [0.5, 0.6) is 0 Å². The summed E-state index contributed by atoms with van der Waals surface area (Å²) in [6, 6.07) is 8.15. The molecule has 166 valence electrons. The molecule has 2 aromatic heterocycles. The number of nitrogens with two attached hydrogens (primary N) is 1. The molecular weight excluding hydrogens is 489 g/mol. The molecule has 1 aliphatic carbocycles. The number of hydrogen-bond acceptors (Lipinski definition) is 5. The Labute approximate surface area is 204 Å². The Bertz CT molecular complexity index is 1240. The summed E-state index contributed by atoms with van der Waals surface area (Å²) in [5, 5.41) is 7.04. The van der Waals surface area contributed by atoms with E-state index in [1.807, 2.05) is 0 Å². The molecule has 0 aliphatic heterocycles. The number of amides is 2. The molecule has 10 heteroatoms. The second-order valence-corrected chi connectivity index (χ2v) is 9.97. The van der Waals surface area contributed by atoms with Crippen LogP contribution in [0.3, 0.4) is 0 Å². The summed E-state index contributed by atoms with van der Waals surface area (Å²) >= 11 is 18.9. The zero-order chi connectivity index (χ0) is 23.0. The number of rotatable bonds is 4. The van der Waals surface area contributed by atoms with Crippen LogP contribution in [-0.2, 0) is 12.8 Å². The van der Waals surface area contributed by atoms with Crippen molar-refractivity contribution in [2.45, 2.75) is 26.2 Å². The molecule has 0 saturated heterocycles. The van der Waals surface area contributed by atoms with Crippen molar-refractivity contribution in [1.82, 2.24) is 5.32 Å². The minimum atomic E-state index is -0.533. The third-order valence-corrected chi connectivity index (χ3v) is 7.16. The standard InChI is InChI=1S/C22H19Cl2N3O3S2/c1-10-2-4-13-17(8-10)32-21(18(13)19(25)28)27-22(31)26-20(29)16-7-6-15(30-16)12-5-3-11(23)9-14(12)24/h3,5-7,9-10H,2,4,8H2,1H3,(H2,25,28)(H2,26,27,29,31)/t10-/m1/s1. The number of hydrogen-bond donors (Lipinski definition) is 3. The van der Waals surface area contributed by atoms with E-state index in [1.54, 1.807) is 24.3 Å². The van der Waals surface area contributed by atoms with Crippen molar-refractivity contribution in [1.29, 1.82) is 0 Å². The summed E-state index contributed by atoms with van der Waals surface area (Å²) in [7, 11) is 0. The number of nitrogens with one attached hydrogen (secondary N) is 2. The van der Waals surface area contributed by atoms with E-state index in [0.717, 1.165) is 29.7 Å². The molecule has 1 aliphatic rings. The normalized spacial score (nSPS) is 15.2. The molecule has 1 aromatic carbocycles. The molecule has 6 nitrogen and oxygen atoms in total. The molecule has 4 rings (SSSR count). The Kier molecular flexibility index (Phi) is 6.57. The van der Waals surface area contributed by atoms with Gasteiger partial charge in [-0.1, -0.05) is 30.1 Å². The van der Waals surface area contributed by atoms with Gasteiger partial charge in [0.2, 0.25) is 0 Å². The molecule has 4 N–H and O–H groups in total. The van der Waals surface area contributed by atoms with Gasteiger partial charge in [0, 0.05) is 15.5 Å². The Morgan fingerprint density at radius 3 is 2.75 bits per heavy atom. The van der Waals surface area contributed by atoms with E-state index in [4.69, 9.17) is 45.6 Å². The van der Waals surface area contributed by atoms with E-state index >= 15 is 0 Å². The number of fused-ring (bicyclic) bond motifs is 1. The first-order valence-corrected chi connectivity index (χ1v) is 11.8. The zero-order valence-electron chi connectivity index (χ0n) is 17.0. The summed E-state index contributed by atoms with van der Waals surface area (Å²) in [4.78, 5) is 25.8. The lowest BCUT2D eigenvalue weighted by Gasteiger charge is -2.18. The number of carbonyl (C=O) groups excluding carboxylic acids is 2. The number of primary amides is 1. The first kappa shape index (κ1) is 22.8. The van der Waals surface area contributed by atoms with Crippen LogP contribution in [-0.4, -0.2) is 16.9 Å². The molecule has 1 atom stereocenters. The Balaban J connectivity index is 1.48. The fourth-order valence-corrected chi connectivity index (χ4v) is 5.87. The van der Waals surface area contributed by atoms with Crippen LogP contribution in [0.15, 0.2) is 34.7 Å². The van der Waals surface area contributed by atoms with Gasteiger partial charge >= 0.3 is 0 Å². The highest BCUT2D eigenvalue weighted by molar-refractivity contribution is 7.80. The molecule has 32 heavy (non-hydrogen) atoms. The first-order chi connectivity index (χ1) is 15.2. The SMILES string of the molecule is C[C@@H]1CCc2c(sc(NC(=S)NC(=O)c3ccc(-c4ccc(Cl)cc4Cl)o3)c2C(N)=O)C1. The van der Waals surface area contributed by atoms with Crippen LogP contribution in [0.1, 0.15) is 44.7 Å². The minimum Gasteiger partial charge on any atom is -0.451 e. The highest BCUT2D eigenvalue weighted by Crippen LogP contribution is 2.39. The maximum absolute atomic E-state index is 12.6. The number of thiophene rings is 1. The van der Waals surface area contributed by atoms with Crippen molar-refractivity contribution in [2.75, 3.05) is 5.32 Å². The highest BCUT2D eigenvalue weighted by Gasteiger charge is 2.27. The lowest BCUT2D eigenvalue weighted by Crippen LogP contribution is -2.34. The van der Waals surface area contributed by atoms with E-state index in [0.29, 0.717) is 37.9 Å². The molecular formula is C22H19Cl2N3O3S2. The molecule has 0 fully saturated rings. The number of thiocarbonyl (C=S) groups is 1. The van der Waals surface area contributed by atoms with Crippen LogP contribution < -0.4 is 16.4 Å². The predicted octanol–water partition coefficient (Wildman–Crippen LogP) is 5.67. The van der Waals surface area contributed by atoms with Gasteiger partial charge in [-0.3, -0.25) is 14.9 Å². The van der Waals surface area contributed by atoms with Gasteiger partial charge in [0.15, 0.2) is 10.9 Å². The largest absolute Gasteiger partial charge is 0.451 e. The van der Waals surface area contributed by atoms with Gasteiger partial charge in [0.25, 0.3) is 11.8 Å². The van der Waals surface area contributed by atoms with Crippen molar-refractivity contribution < 1.29 is 14.0 Å². The molecule has 2 heterocycles. The van der Waals surface area contributed by atoms with E-state index < -0.39 is 11.8 Å². The van der Waals surface area contributed by atoms with Crippen molar-refractivity contribution in [2.24, 2.45) is 11.7 Å². The Morgan fingerprint density at radius 2 is 2.03 bits per heavy atom.